The zero-order chi connectivity index (χ0) is 37.0. The summed E-state index contributed by atoms with van der Waals surface area (Å²) in [6.45, 7) is 0. The fourth-order valence-corrected chi connectivity index (χ4v) is 8.06. The molecule has 3 heterocycles. The van der Waals surface area contributed by atoms with E-state index in [9.17, 15) is 0 Å². The van der Waals surface area contributed by atoms with Gasteiger partial charge in [-0.15, -0.1) is 0 Å². The highest BCUT2D eigenvalue weighted by Gasteiger charge is 2.22. The molecule has 0 saturated carbocycles. The molecule has 0 atom stereocenters. The van der Waals surface area contributed by atoms with Gasteiger partial charge in [0.25, 0.3) is 0 Å². The number of rotatable bonds is 6. The molecule has 0 bridgehead atoms. The van der Waals surface area contributed by atoms with Crippen molar-refractivity contribution in [2.75, 3.05) is 0 Å². The number of aromatic nitrogens is 4. The van der Waals surface area contributed by atoms with Crippen molar-refractivity contribution in [1.82, 2.24) is 19.5 Å². The lowest BCUT2D eigenvalue weighted by atomic mass is 9.92. The van der Waals surface area contributed by atoms with Gasteiger partial charge < -0.3 is 4.42 Å². The van der Waals surface area contributed by atoms with Crippen molar-refractivity contribution in [3.63, 3.8) is 0 Å². The molecule has 0 aliphatic carbocycles. The molecule has 3 aromatic heterocycles. The number of hydrogen-bond donors (Lipinski definition) is 0. The average molecular weight is 717 g/mol. The number of benzene rings is 8. The van der Waals surface area contributed by atoms with Gasteiger partial charge in [-0.05, 0) is 63.7 Å². The molecule has 5 heteroatoms. The summed E-state index contributed by atoms with van der Waals surface area (Å²) in [5, 5.41) is 4.30. The van der Waals surface area contributed by atoms with E-state index in [0.717, 1.165) is 71.6 Å². The molecule has 0 saturated heterocycles. The first kappa shape index (κ1) is 31.9. The maximum atomic E-state index is 6.63. The summed E-state index contributed by atoms with van der Waals surface area (Å²) in [6, 6.07) is 67.5. The number of nitrogens with zero attached hydrogens (tertiary/aromatic N) is 4. The van der Waals surface area contributed by atoms with Crippen LogP contribution in [0.1, 0.15) is 0 Å². The lowest BCUT2D eigenvalue weighted by Gasteiger charge is -2.13. The maximum Gasteiger partial charge on any atom is 0.238 e. The molecule has 0 N–H and O–H groups in total. The summed E-state index contributed by atoms with van der Waals surface area (Å²) < 4.78 is 8.78. The third kappa shape index (κ3) is 5.29. The van der Waals surface area contributed by atoms with Gasteiger partial charge in [0, 0.05) is 32.7 Å². The van der Waals surface area contributed by atoms with Crippen molar-refractivity contribution in [3.05, 3.63) is 194 Å². The summed E-state index contributed by atoms with van der Waals surface area (Å²) in [4.78, 5) is 15.6. The Kier molecular flexibility index (Phi) is 7.42. The molecule has 0 fully saturated rings. The molecule has 0 amide bonds. The summed E-state index contributed by atoms with van der Waals surface area (Å²) in [6.07, 6.45) is 0. The Morgan fingerprint density at radius 2 is 0.893 bits per heavy atom. The van der Waals surface area contributed by atoms with E-state index in [4.69, 9.17) is 19.4 Å². The predicted molar refractivity (Wildman–Crippen MR) is 229 cm³/mol. The molecule has 11 aromatic rings. The van der Waals surface area contributed by atoms with E-state index in [-0.39, 0.29) is 0 Å². The lowest BCUT2D eigenvalue weighted by molar-refractivity contribution is 0.670. The fraction of sp³-hybridized carbons (Fsp3) is 0. The largest absolute Gasteiger partial charge is 0.454 e. The van der Waals surface area contributed by atoms with Crippen molar-refractivity contribution in [3.8, 4) is 62.1 Å². The second-order valence-corrected chi connectivity index (χ2v) is 14.0. The second-order valence-electron chi connectivity index (χ2n) is 14.0. The van der Waals surface area contributed by atoms with Crippen LogP contribution in [0.2, 0.25) is 0 Å². The van der Waals surface area contributed by atoms with Crippen LogP contribution in [-0.2, 0) is 0 Å². The standard InChI is InChI=1S/C51H32N4O/c1-3-15-33(16-4-1)39-23-7-8-24-40(39)37-21-13-19-35(31-37)36-20-14-22-38(32-36)50-52-49(34-17-5-2-6-18-34)53-51(54-50)55-45-27-11-9-25-41(45)43-29-30-44-42-26-10-12-28-46(42)56-48(44)47(43)55/h1-32H. The number of para-hydroxylation sites is 2. The minimum atomic E-state index is 0.526. The predicted octanol–water partition coefficient (Wildman–Crippen LogP) is 13.2. The Morgan fingerprint density at radius 3 is 1.66 bits per heavy atom. The molecule has 8 aromatic carbocycles. The molecule has 56 heavy (non-hydrogen) atoms. The van der Waals surface area contributed by atoms with E-state index in [1.807, 2.05) is 42.5 Å². The first-order valence-corrected chi connectivity index (χ1v) is 18.8. The normalized spacial score (nSPS) is 11.6. The van der Waals surface area contributed by atoms with Crippen molar-refractivity contribution < 1.29 is 4.42 Å². The van der Waals surface area contributed by atoms with Gasteiger partial charge in [-0.1, -0.05) is 164 Å². The second kappa shape index (κ2) is 13.0. The van der Waals surface area contributed by atoms with E-state index in [1.165, 1.54) is 16.7 Å². The van der Waals surface area contributed by atoms with Gasteiger partial charge in [0.2, 0.25) is 5.95 Å². The minimum absolute atomic E-state index is 0.526. The Balaban J connectivity index is 1.10. The smallest absolute Gasteiger partial charge is 0.238 e. The molecule has 11 rings (SSSR count). The molecule has 0 aliphatic rings. The first-order valence-electron chi connectivity index (χ1n) is 18.8. The quantitative estimate of drug-likeness (QED) is 0.172. The van der Waals surface area contributed by atoms with Crippen LogP contribution >= 0.6 is 0 Å². The molecule has 0 aliphatic heterocycles. The van der Waals surface area contributed by atoms with Crippen LogP contribution in [-0.4, -0.2) is 19.5 Å². The molecule has 0 spiro atoms. The van der Waals surface area contributed by atoms with E-state index in [2.05, 4.69) is 156 Å². The van der Waals surface area contributed by atoms with Gasteiger partial charge in [-0.2, -0.15) is 9.97 Å². The van der Waals surface area contributed by atoms with Gasteiger partial charge in [0.15, 0.2) is 17.2 Å². The maximum absolute atomic E-state index is 6.63. The van der Waals surface area contributed by atoms with Crippen LogP contribution in [0.3, 0.4) is 0 Å². The average Bonchev–Trinajstić information content (AvgIpc) is 3.83. The van der Waals surface area contributed by atoms with Crippen LogP contribution in [0.15, 0.2) is 199 Å². The SMILES string of the molecule is c1ccc(-c2nc(-c3cccc(-c4cccc(-c5ccccc5-c5ccccc5)c4)c3)nc(-n3c4ccccc4c4ccc5c6ccccc6oc5c43)n2)cc1. The van der Waals surface area contributed by atoms with Crippen LogP contribution in [0, 0.1) is 0 Å². The first-order chi connectivity index (χ1) is 27.8. The summed E-state index contributed by atoms with van der Waals surface area (Å²) in [7, 11) is 0. The van der Waals surface area contributed by atoms with E-state index >= 15 is 0 Å². The van der Waals surface area contributed by atoms with Crippen molar-refractivity contribution in [2.24, 2.45) is 0 Å². The zero-order valence-corrected chi connectivity index (χ0v) is 30.2. The van der Waals surface area contributed by atoms with Gasteiger partial charge in [0.1, 0.15) is 11.1 Å². The summed E-state index contributed by atoms with van der Waals surface area (Å²) >= 11 is 0. The van der Waals surface area contributed by atoms with Gasteiger partial charge in [0.05, 0.1) is 5.52 Å². The Morgan fingerprint density at radius 1 is 0.357 bits per heavy atom. The van der Waals surface area contributed by atoms with Crippen molar-refractivity contribution >= 4 is 43.7 Å². The van der Waals surface area contributed by atoms with Gasteiger partial charge >= 0.3 is 0 Å². The van der Waals surface area contributed by atoms with Gasteiger partial charge in [-0.25, -0.2) is 4.98 Å². The molecule has 5 nitrogen and oxygen atoms in total. The lowest BCUT2D eigenvalue weighted by Crippen LogP contribution is -2.06. The Labute approximate surface area is 322 Å². The van der Waals surface area contributed by atoms with Crippen LogP contribution < -0.4 is 0 Å². The van der Waals surface area contributed by atoms with Gasteiger partial charge in [-0.3, -0.25) is 4.57 Å². The van der Waals surface area contributed by atoms with Crippen molar-refractivity contribution in [2.45, 2.75) is 0 Å². The number of furan rings is 1. The zero-order valence-electron chi connectivity index (χ0n) is 30.2. The highest BCUT2D eigenvalue weighted by Crippen LogP contribution is 2.40. The van der Waals surface area contributed by atoms with E-state index in [0.29, 0.717) is 17.6 Å². The number of fused-ring (bicyclic) bond motifs is 7. The molecular formula is C51H32N4O. The summed E-state index contributed by atoms with van der Waals surface area (Å²) in [5.41, 5.74) is 12.3. The number of hydrogen-bond acceptors (Lipinski definition) is 4. The van der Waals surface area contributed by atoms with E-state index in [1.54, 1.807) is 0 Å². The highest BCUT2D eigenvalue weighted by atomic mass is 16.3. The summed E-state index contributed by atoms with van der Waals surface area (Å²) in [5.74, 6) is 1.71. The monoisotopic (exact) mass is 716 g/mol. The van der Waals surface area contributed by atoms with Crippen LogP contribution in [0.5, 0.6) is 0 Å². The molecular weight excluding hydrogens is 685 g/mol. The van der Waals surface area contributed by atoms with Crippen LogP contribution in [0.4, 0.5) is 0 Å². The van der Waals surface area contributed by atoms with Crippen LogP contribution in [0.25, 0.3) is 106 Å². The minimum Gasteiger partial charge on any atom is -0.454 e. The third-order valence-electron chi connectivity index (χ3n) is 10.7. The Bertz CT molecular complexity index is 3250. The molecule has 262 valence electrons. The molecule has 0 unspecified atom stereocenters. The topological polar surface area (TPSA) is 56.7 Å². The Hall–Kier alpha value is -7.63. The van der Waals surface area contributed by atoms with E-state index < -0.39 is 0 Å². The van der Waals surface area contributed by atoms with Crippen molar-refractivity contribution in [1.29, 1.82) is 0 Å². The highest BCUT2D eigenvalue weighted by molar-refractivity contribution is 6.21. The third-order valence-corrected chi connectivity index (χ3v) is 10.7. The molecule has 0 radical (unpaired) electrons. The fourth-order valence-electron chi connectivity index (χ4n) is 8.06.